The second-order valence-corrected chi connectivity index (χ2v) is 10.7. The van der Waals surface area contributed by atoms with Gasteiger partial charge in [-0.3, -0.25) is 0 Å². The smallest absolute Gasteiger partial charge is 0.143 e. The zero-order valence-corrected chi connectivity index (χ0v) is 23.5. The first-order chi connectivity index (χ1) is 21.7. The fourth-order valence-corrected chi connectivity index (χ4v) is 6.32. The standard InChI is InChI=1S/C40H23N3O/c41-24-27-18-22-37(33-10-3-1-8-30(27)33)43(38-23-19-28(25-42)31-9-2-4-11-34(31)38)29-20-16-26(17-21-29)32-13-7-14-36-35-12-5-6-15-39(35)44-40(32)36/h1-23H. The fraction of sp³-hybridized carbons (Fsp3) is 0. The average Bonchev–Trinajstić information content (AvgIpc) is 3.48. The monoisotopic (exact) mass is 561 g/mol. The van der Waals surface area contributed by atoms with Gasteiger partial charge in [0.25, 0.3) is 0 Å². The zero-order valence-electron chi connectivity index (χ0n) is 23.5. The number of nitrogens with zero attached hydrogens (tertiary/aromatic N) is 3. The van der Waals surface area contributed by atoms with Crippen LogP contribution in [-0.4, -0.2) is 0 Å². The van der Waals surface area contributed by atoms with Crippen LogP contribution in [0.5, 0.6) is 0 Å². The van der Waals surface area contributed by atoms with Crippen LogP contribution in [0, 0.1) is 22.7 Å². The van der Waals surface area contributed by atoms with Gasteiger partial charge in [0, 0.05) is 43.6 Å². The summed E-state index contributed by atoms with van der Waals surface area (Å²) in [5, 5.41) is 25.6. The molecule has 8 rings (SSSR count). The van der Waals surface area contributed by atoms with Crippen molar-refractivity contribution in [2.45, 2.75) is 0 Å². The van der Waals surface area contributed by atoms with Crippen LogP contribution in [-0.2, 0) is 0 Å². The maximum Gasteiger partial charge on any atom is 0.143 e. The molecule has 0 amide bonds. The second-order valence-electron chi connectivity index (χ2n) is 10.7. The molecule has 204 valence electrons. The number of nitriles is 2. The molecule has 0 radical (unpaired) electrons. The van der Waals surface area contributed by atoms with Crippen molar-refractivity contribution in [2.75, 3.05) is 4.90 Å². The van der Waals surface area contributed by atoms with E-state index in [1.165, 1.54) is 0 Å². The van der Waals surface area contributed by atoms with Crippen LogP contribution in [0.3, 0.4) is 0 Å². The van der Waals surface area contributed by atoms with Crippen LogP contribution in [0.25, 0.3) is 54.6 Å². The Balaban J connectivity index is 1.35. The van der Waals surface area contributed by atoms with Crippen LogP contribution >= 0.6 is 0 Å². The first-order valence-electron chi connectivity index (χ1n) is 14.4. The normalized spacial score (nSPS) is 11.1. The Kier molecular flexibility index (Phi) is 5.86. The van der Waals surface area contributed by atoms with E-state index in [1.54, 1.807) is 0 Å². The molecular formula is C40H23N3O. The molecule has 1 heterocycles. The van der Waals surface area contributed by atoms with Crippen LogP contribution < -0.4 is 4.90 Å². The van der Waals surface area contributed by atoms with Gasteiger partial charge in [-0.05, 0) is 48.0 Å². The maximum absolute atomic E-state index is 9.86. The molecule has 0 bridgehead atoms. The minimum atomic E-state index is 0.628. The summed E-state index contributed by atoms with van der Waals surface area (Å²) >= 11 is 0. The van der Waals surface area contributed by atoms with Gasteiger partial charge in [0.15, 0.2) is 0 Å². The number of benzene rings is 7. The van der Waals surface area contributed by atoms with Crippen molar-refractivity contribution in [3.8, 4) is 23.3 Å². The topological polar surface area (TPSA) is 64.0 Å². The molecule has 0 aliphatic carbocycles. The van der Waals surface area contributed by atoms with E-state index in [-0.39, 0.29) is 0 Å². The molecule has 4 heteroatoms. The van der Waals surface area contributed by atoms with Crippen LogP contribution in [0.4, 0.5) is 17.1 Å². The number of hydrogen-bond acceptors (Lipinski definition) is 4. The molecule has 0 spiro atoms. The SMILES string of the molecule is N#Cc1ccc(N(c2ccc(-c3cccc4c3oc3ccccc34)cc2)c2ccc(C#N)c3ccccc23)c2ccccc12. The predicted octanol–water partition coefficient (Wildman–Crippen LogP) is 10.8. The van der Waals surface area contributed by atoms with Gasteiger partial charge in [0.05, 0.1) is 34.6 Å². The Labute approximate surface area is 253 Å². The summed E-state index contributed by atoms with van der Waals surface area (Å²) in [4.78, 5) is 2.22. The third-order valence-electron chi connectivity index (χ3n) is 8.37. The minimum Gasteiger partial charge on any atom is -0.455 e. The van der Waals surface area contributed by atoms with Crippen LogP contribution in [0.1, 0.15) is 11.1 Å². The molecule has 0 saturated carbocycles. The van der Waals surface area contributed by atoms with Gasteiger partial charge < -0.3 is 9.32 Å². The molecule has 7 aromatic carbocycles. The summed E-state index contributed by atoms with van der Waals surface area (Å²) in [6.07, 6.45) is 0. The molecule has 0 saturated heterocycles. The van der Waals surface area contributed by atoms with E-state index in [9.17, 15) is 10.5 Å². The van der Waals surface area contributed by atoms with Gasteiger partial charge in [-0.1, -0.05) is 97.1 Å². The van der Waals surface area contributed by atoms with Gasteiger partial charge in [-0.25, -0.2) is 0 Å². The van der Waals surface area contributed by atoms with E-state index >= 15 is 0 Å². The molecule has 0 atom stereocenters. The highest BCUT2D eigenvalue weighted by atomic mass is 16.3. The average molecular weight is 562 g/mol. The lowest BCUT2D eigenvalue weighted by molar-refractivity contribution is 0.670. The minimum absolute atomic E-state index is 0.628. The van der Waals surface area contributed by atoms with E-state index in [0.717, 1.165) is 71.7 Å². The fourth-order valence-electron chi connectivity index (χ4n) is 6.32. The predicted molar refractivity (Wildman–Crippen MR) is 178 cm³/mol. The summed E-state index contributed by atoms with van der Waals surface area (Å²) in [7, 11) is 0. The highest BCUT2D eigenvalue weighted by molar-refractivity contribution is 6.10. The number of furan rings is 1. The number of hydrogen-bond donors (Lipinski definition) is 0. The number of para-hydroxylation sites is 2. The third kappa shape index (κ3) is 3.91. The first kappa shape index (κ1) is 25.4. The summed E-state index contributed by atoms with van der Waals surface area (Å²) in [6, 6.07) is 51.4. The number of fused-ring (bicyclic) bond motifs is 5. The highest BCUT2D eigenvalue weighted by Crippen LogP contribution is 2.44. The Morgan fingerprint density at radius 2 is 0.977 bits per heavy atom. The molecule has 4 nitrogen and oxygen atoms in total. The van der Waals surface area contributed by atoms with Gasteiger partial charge in [0.2, 0.25) is 0 Å². The molecule has 0 fully saturated rings. The lowest BCUT2D eigenvalue weighted by Gasteiger charge is -2.28. The Bertz CT molecular complexity index is 2380. The molecule has 44 heavy (non-hydrogen) atoms. The van der Waals surface area contributed by atoms with Crippen molar-refractivity contribution in [3.63, 3.8) is 0 Å². The van der Waals surface area contributed by atoms with E-state index in [1.807, 2.05) is 78.9 Å². The number of rotatable bonds is 4. The van der Waals surface area contributed by atoms with E-state index < -0.39 is 0 Å². The quantitative estimate of drug-likeness (QED) is 0.214. The molecule has 8 aromatic rings. The summed E-state index contributed by atoms with van der Waals surface area (Å²) in [5.74, 6) is 0. The van der Waals surface area contributed by atoms with Crippen molar-refractivity contribution < 1.29 is 4.42 Å². The van der Waals surface area contributed by atoms with E-state index in [0.29, 0.717) is 11.1 Å². The molecule has 0 aliphatic rings. The van der Waals surface area contributed by atoms with Crippen LogP contribution in [0.2, 0.25) is 0 Å². The Morgan fingerprint density at radius 1 is 0.455 bits per heavy atom. The Morgan fingerprint density at radius 3 is 1.57 bits per heavy atom. The van der Waals surface area contributed by atoms with E-state index in [2.05, 4.69) is 77.7 Å². The number of anilines is 3. The largest absolute Gasteiger partial charge is 0.455 e. The first-order valence-corrected chi connectivity index (χ1v) is 14.4. The highest BCUT2D eigenvalue weighted by Gasteiger charge is 2.20. The van der Waals surface area contributed by atoms with Gasteiger partial charge >= 0.3 is 0 Å². The summed E-state index contributed by atoms with van der Waals surface area (Å²) in [6.45, 7) is 0. The van der Waals surface area contributed by atoms with Crippen molar-refractivity contribution in [1.82, 2.24) is 0 Å². The lowest BCUT2D eigenvalue weighted by Crippen LogP contribution is -2.11. The summed E-state index contributed by atoms with van der Waals surface area (Å²) < 4.78 is 6.33. The van der Waals surface area contributed by atoms with Gasteiger partial charge in [0.1, 0.15) is 11.2 Å². The second kappa shape index (κ2) is 10.2. The van der Waals surface area contributed by atoms with E-state index in [4.69, 9.17) is 4.42 Å². The molecule has 0 N–H and O–H groups in total. The lowest BCUT2D eigenvalue weighted by atomic mass is 9.98. The molecular weight excluding hydrogens is 538 g/mol. The zero-order chi connectivity index (χ0) is 29.6. The summed E-state index contributed by atoms with van der Waals surface area (Å²) in [5.41, 5.74) is 7.93. The third-order valence-corrected chi connectivity index (χ3v) is 8.37. The molecule has 0 aliphatic heterocycles. The van der Waals surface area contributed by atoms with Crippen LogP contribution in [0.15, 0.2) is 144 Å². The maximum atomic E-state index is 9.86. The van der Waals surface area contributed by atoms with Crippen molar-refractivity contribution in [3.05, 3.63) is 151 Å². The Hall–Kier alpha value is -6.36. The van der Waals surface area contributed by atoms with Crippen molar-refractivity contribution in [2.24, 2.45) is 0 Å². The van der Waals surface area contributed by atoms with Crippen molar-refractivity contribution in [1.29, 1.82) is 10.5 Å². The van der Waals surface area contributed by atoms with Gasteiger partial charge in [-0.15, -0.1) is 0 Å². The molecule has 1 aromatic heterocycles. The molecule has 0 unspecified atom stereocenters. The van der Waals surface area contributed by atoms with Gasteiger partial charge in [-0.2, -0.15) is 10.5 Å². The van der Waals surface area contributed by atoms with Crippen molar-refractivity contribution >= 4 is 60.5 Å².